The topological polar surface area (TPSA) is 51.5 Å². The highest BCUT2D eigenvalue weighted by atomic mass is 16.5. The molecule has 1 aromatic rings. The fraction of sp³-hybridized carbons (Fsp3) is 0.643. The van der Waals surface area contributed by atoms with Crippen molar-refractivity contribution in [1.82, 2.24) is 5.32 Å². The quantitative estimate of drug-likeness (QED) is 0.895. The van der Waals surface area contributed by atoms with Gasteiger partial charge in [0.2, 0.25) is 0 Å². The lowest BCUT2D eigenvalue weighted by atomic mass is 9.87. The Labute approximate surface area is 108 Å². The molecule has 0 spiro atoms. The van der Waals surface area contributed by atoms with Crippen LogP contribution < -0.4 is 5.32 Å². The van der Waals surface area contributed by atoms with Gasteiger partial charge >= 0.3 is 0 Å². The standard InChI is InChI=1S/C14H21NO3/c1-10-3-5-11(6-4-10)15-14(16)13-8-7-12(18-13)9-17-2/h7-8,10-11H,3-6,9H2,1-2H3,(H,15,16). The lowest BCUT2D eigenvalue weighted by molar-refractivity contribution is 0.0886. The van der Waals surface area contributed by atoms with Crippen LogP contribution in [0.5, 0.6) is 0 Å². The molecule has 4 heteroatoms. The summed E-state index contributed by atoms with van der Waals surface area (Å²) in [5.41, 5.74) is 0. The summed E-state index contributed by atoms with van der Waals surface area (Å²) < 4.78 is 10.4. The Kier molecular flexibility index (Phi) is 4.42. The van der Waals surface area contributed by atoms with Crippen molar-refractivity contribution in [2.45, 2.75) is 45.3 Å². The minimum Gasteiger partial charge on any atom is -0.453 e. The summed E-state index contributed by atoms with van der Waals surface area (Å²) in [4.78, 5) is 12.0. The third-order valence-electron chi connectivity index (χ3n) is 3.52. The van der Waals surface area contributed by atoms with Gasteiger partial charge in [0.05, 0.1) is 0 Å². The van der Waals surface area contributed by atoms with Crippen molar-refractivity contribution in [1.29, 1.82) is 0 Å². The van der Waals surface area contributed by atoms with Gasteiger partial charge in [-0.05, 0) is 43.7 Å². The summed E-state index contributed by atoms with van der Waals surface area (Å²) in [6.07, 6.45) is 4.52. The van der Waals surface area contributed by atoms with E-state index in [2.05, 4.69) is 12.2 Å². The Morgan fingerprint density at radius 1 is 1.39 bits per heavy atom. The highest BCUT2D eigenvalue weighted by molar-refractivity contribution is 5.91. The molecule has 1 fully saturated rings. The molecule has 0 bridgehead atoms. The van der Waals surface area contributed by atoms with Crippen LogP contribution in [0.25, 0.3) is 0 Å². The van der Waals surface area contributed by atoms with Gasteiger partial charge < -0.3 is 14.5 Å². The second kappa shape index (κ2) is 6.05. The second-order valence-electron chi connectivity index (χ2n) is 5.13. The molecule has 0 aromatic carbocycles. The molecule has 18 heavy (non-hydrogen) atoms. The summed E-state index contributed by atoms with van der Waals surface area (Å²) in [5.74, 6) is 1.73. The smallest absolute Gasteiger partial charge is 0.287 e. The second-order valence-corrected chi connectivity index (χ2v) is 5.13. The minimum atomic E-state index is -0.114. The molecule has 100 valence electrons. The van der Waals surface area contributed by atoms with E-state index in [9.17, 15) is 4.79 Å². The first-order valence-electron chi connectivity index (χ1n) is 6.57. The van der Waals surface area contributed by atoms with Gasteiger partial charge in [0.25, 0.3) is 5.91 Å². The van der Waals surface area contributed by atoms with Crippen molar-refractivity contribution in [2.75, 3.05) is 7.11 Å². The summed E-state index contributed by atoms with van der Waals surface area (Å²) >= 11 is 0. The Morgan fingerprint density at radius 3 is 2.78 bits per heavy atom. The predicted molar refractivity (Wildman–Crippen MR) is 68.3 cm³/mol. The molecule has 2 rings (SSSR count). The summed E-state index contributed by atoms with van der Waals surface area (Å²) in [7, 11) is 1.60. The first-order chi connectivity index (χ1) is 8.69. The van der Waals surface area contributed by atoms with Crippen molar-refractivity contribution >= 4 is 5.91 Å². The number of rotatable bonds is 4. The van der Waals surface area contributed by atoms with Crippen molar-refractivity contribution in [3.05, 3.63) is 23.7 Å². The number of amides is 1. The zero-order chi connectivity index (χ0) is 13.0. The third-order valence-corrected chi connectivity index (χ3v) is 3.52. The molecular weight excluding hydrogens is 230 g/mol. The van der Waals surface area contributed by atoms with Crippen LogP contribution in [0.1, 0.15) is 48.9 Å². The van der Waals surface area contributed by atoms with Crippen LogP contribution in [0.2, 0.25) is 0 Å². The fourth-order valence-electron chi connectivity index (χ4n) is 2.38. The summed E-state index contributed by atoms with van der Waals surface area (Å²) in [5, 5.41) is 3.04. The van der Waals surface area contributed by atoms with E-state index in [0.29, 0.717) is 24.2 Å². The summed E-state index contributed by atoms with van der Waals surface area (Å²) in [6, 6.07) is 3.78. The van der Waals surface area contributed by atoms with Crippen molar-refractivity contribution < 1.29 is 13.9 Å². The number of hydrogen-bond acceptors (Lipinski definition) is 3. The number of carbonyl (C=O) groups is 1. The van der Waals surface area contributed by atoms with E-state index in [1.807, 2.05) is 0 Å². The maximum Gasteiger partial charge on any atom is 0.287 e. The lowest BCUT2D eigenvalue weighted by Crippen LogP contribution is -2.37. The molecule has 1 amide bonds. The van der Waals surface area contributed by atoms with Gasteiger partial charge in [0, 0.05) is 13.2 Å². The zero-order valence-electron chi connectivity index (χ0n) is 11.1. The molecule has 1 N–H and O–H groups in total. The van der Waals surface area contributed by atoms with Gasteiger partial charge in [-0.1, -0.05) is 6.92 Å². The minimum absolute atomic E-state index is 0.114. The fourth-order valence-corrected chi connectivity index (χ4v) is 2.38. The number of furan rings is 1. The van der Waals surface area contributed by atoms with Crippen molar-refractivity contribution in [3.8, 4) is 0 Å². The molecule has 1 aliphatic carbocycles. The molecule has 1 saturated carbocycles. The molecule has 1 aliphatic rings. The van der Waals surface area contributed by atoms with Crippen LogP contribution in [0.4, 0.5) is 0 Å². The Hall–Kier alpha value is -1.29. The maximum absolute atomic E-state index is 12.0. The molecule has 0 aliphatic heterocycles. The van der Waals surface area contributed by atoms with E-state index < -0.39 is 0 Å². The van der Waals surface area contributed by atoms with Crippen LogP contribution in [0.15, 0.2) is 16.5 Å². The van der Waals surface area contributed by atoms with Crippen molar-refractivity contribution in [2.24, 2.45) is 5.92 Å². The number of methoxy groups -OCH3 is 1. The first-order valence-corrected chi connectivity index (χ1v) is 6.57. The lowest BCUT2D eigenvalue weighted by Gasteiger charge is -2.26. The third kappa shape index (κ3) is 3.35. The van der Waals surface area contributed by atoms with Gasteiger partial charge in [-0.3, -0.25) is 4.79 Å². The average molecular weight is 251 g/mol. The number of nitrogens with one attached hydrogen (secondary N) is 1. The molecule has 0 saturated heterocycles. The van der Waals surface area contributed by atoms with Crippen LogP contribution in [0.3, 0.4) is 0 Å². The molecule has 0 unspecified atom stereocenters. The van der Waals surface area contributed by atoms with Crippen LogP contribution in [-0.2, 0) is 11.3 Å². The van der Waals surface area contributed by atoms with Gasteiger partial charge in [0.15, 0.2) is 5.76 Å². The highest BCUT2D eigenvalue weighted by Crippen LogP contribution is 2.23. The molecular formula is C14H21NO3. The molecule has 4 nitrogen and oxygen atoms in total. The van der Waals surface area contributed by atoms with Gasteiger partial charge in [0.1, 0.15) is 12.4 Å². The van der Waals surface area contributed by atoms with E-state index in [4.69, 9.17) is 9.15 Å². The van der Waals surface area contributed by atoms with Gasteiger partial charge in [-0.15, -0.1) is 0 Å². The summed E-state index contributed by atoms with van der Waals surface area (Å²) in [6.45, 7) is 2.66. The van der Waals surface area contributed by atoms with Gasteiger partial charge in [-0.25, -0.2) is 0 Å². The Balaban J connectivity index is 1.86. The monoisotopic (exact) mass is 251 g/mol. The number of carbonyl (C=O) groups excluding carboxylic acids is 1. The maximum atomic E-state index is 12.0. The Morgan fingerprint density at radius 2 is 2.11 bits per heavy atom. The van der Waals surface area contributed by atoms with E-state index in [1.165, 1.54) is 12.8 Å². The highest BCUT2D eigenvalue weighted by Gasteiger charge is 2.21. The van der Waals surface area contributed by atoms with E-state index in [1.54, 1.807) is 19.2 Å². The average Bonchev–Trinajstić information content (AvgIpc) is 2.81. The number of ether oxygens (including phenoxy) is 1. The first kappa shape index (κ1) is 13.1. The van der Waals surface area contributed by atoms with Crippen molar-refractivity contribution in [3.63, 3.8) is 0 Å². The SMILES string of the molecule is COCc1ccc(C(=O)NC2CCC(C)CC2)o1. The Bertz CT molecular complexity index is 391. The van der Waals surface area contributed by atoms with Gasteiger partial charge in [-0.2, -0.15) is 0 Å². The molecule has 0 atom stereocenters. The van der Waals surface area contributed by atoms with Crippen LogP contribution in [-0.4, -0.2) is 19.1 Å². The molecule has 0 radical (unpaired) electrons. The predicted octanol–water partition coefficient (Wildman–Crippen LogP) is 2.73. The number of hydrogen-bond donors (Lipinski definition) is 1. The van der Waals surface area contributed by atoms with Crippen LogP contribution >= 0.6 is 0 Å². The van der Waals surface area contributed by atoms with E-state index in [-0.39, 0.29) is 5.91 Å². The normalized spacial score (nSPS) is 23.9. The van der Waals surface area contributed by atoms with E-state index in [0.717, 1.165) is 18.8 Å². The molecule has 1 heterocycles. The van der Waals surface area contributed by atoms with E-state index >= 15 is 0 Å². The zero-order valence-corrected chi connectivity index (χ0v) is 11.1. The van der Waals surface area contributed by atoms with Crippen LogP contribution in [0, 0.1) is 5.92 Å². The largest absolute Gasteiger partial charge is 0.453 e. The molecule has 1 aromatic heterocycles.